The number of benzene rings is 1. The largest absolute Gasteiger partial charge is 0.295 e. The number of rotatable bonds is 5. The number of allylic oxidation sites excluding steroid dienone is 2. The second kappa shape index (κ2) is 6.46. The number of thioether (sulfide) groups is 1. The Morgan fingerprint density at radius 1 is 1.20 bits per heavy atom. The summed E-state index contributed by atoms with van der Waals surface area (Å²) in [6.07, 6.45) is 3.25. The van der Waals surface area contributed by atoms with Gasteiger partial charge in [-0.1, -0.05) is 43.8 Å². The van der Waals surface area contributed by atoms with E-state index < -0.39 is 0 Å². The van der Waals surface area contributed by atoms with Gasteiger partial charge in [0.2, 0.25) is 0 Å². The molecule has 0 saturated heterocycles. The summed E-state index contributed by atoms with van der Waals surface area (Å²) in [5, 5.41) is 0. The fourth-order valence-corrected chi connectivity index (χ4v) is 2.06. The van der Waals surface area contributed by atoms with Gasteiger partial charge in [0.05, 0.1) is 0 Å². The Morgan fingerprint density at radius 2 is 1.87 bits per heavy atom. The van der Waals surface area contributed by atoms with Crippen molar-refractivity contribution in [2.75, 3.05) is 0 Å². The lowest BCUT2D eigenvalue weighted by molar-refractivity contribution is -0.114. The van der Waals surface area contributed by atoms with Crippen LogP contribution >= 0.6 is 11.8 Å². The molecular weight excluding hydrogens is 204 g/mol. The molecule has 1 aromatic carbocycles. The summed E-state index contributed by atoms with van der Waals surface area (Å²) in [7, 11) is 0. The SMILES string of the molecule is CCC(=O)/C=C(/CC)Sc1ccccc1. The van der Waals surface area contributed by atoms with Crippen LogP contribution in [0.3, 0.4) is 0 Å². The van der Waals surface area contributed by atoms with Crippen LogP contribution in [0.15, 0.2) is 46.2 Å². The van der Waals surface area contributed by atoms with E-state index in [2.05, 4.69) is 19.1 Å². The quantitative estimate of drug-likeness (QED) is 0.550. The first-order valence-corrected chi connectivity index (χ1v) is 6.04. The number of hydrogen-bond donors (Lipinski definition) is 0. The highest BCUT2D eigenvalue weighted by Gasteiger charge is 2.00. The molecule has 1 aromatic rings. The predicted molar refractivity (Wildman–Crippen MR) is 66.0 cm³/mol. The van der Waals surface area contributed by atoms with E-state index in [1.165, 1.54) is 4.90 Å². The molecule has 0 aliphatic rings. The summed E-state index contributed by atoms with van der Waals surface area (Å²) in [4.78, 5) is 13.6. The van der Waals surface area contributed by atoms with Gasteiger partial charge in [-0.25, -0.2) is 0 Å². The summed E-state index contributed by atoms with van der Waals surface area (Å²) >= 11 is 1.67. The van der Waals surface area contributed by atoms with E-state index in [9.17, 15) is 4.79 Å². The monoisotopic (exact) mass is 220 g/mol. The lowest BCUT2D eigenvalue weighted by atomic mass is 10.2. The molecule has 15 heavy (non-hydrogen) atoms. The molecule has 2 heteroatoms. The third-order valence-electron chi connectivity index (χ3n) is 2.01. The van der Waals surface area contributed by atoms with Crippen LogP contribution in [0.5, 0.6) is 0 Å². The number of carbonyl (C=O) groups is 1. The van der Waals surface area contributed by atoms with Gasteiger partial charge < -0.3 is 0 Å². The Bertz CT molecular complexity index is 341. The molecule has 0 radical (unpaired) electrons. The topological polar surface area (TPSA) is 17.1 Å². The highest BCUT2D eigenvalue weighted by Crippen LogP contribution is 2.28. The number of ketones is 1. The van der Waals surface area contributed by atoms with Gasteiger partial charge in [0, 0.05) is 11.3 Å². The smallest absolute Gasteiger partial charge is 0.156 e. The van der Waals surface area contributed by atoms with Crippen molar-refractivity contribution in [1.29, 1.82) is 0 Å². The van der Waals surface area contributed by atoms with Gasteiger partial charge >= 0.3 is 0 Å². The molecule has 0 heterocycles. The van der Waals surface area contributed by atoms with Crippen molar-refractivity contribution in [1.82, 2.24) is 0 Å². The molecule has 0 aliphatic heterocycles. The van der Waals surface area contributed by atoms with E-state index in [-0.39, 0.29) is 5.78 Å². The van der Waals surface area contributed by atoms with Gasteiger partial charge in [0.15, 0.2) is 5.78 Å². The summed E-state index contributed by atoms with van der Waals surface area (Å²) in [6.45, 7) is 3.96. The van der Waals surface area contributed by atoms with Gasteiger partial charge in [-0.3, -0.25) is 4.79 Å². The summed E-state index contributed by atoms with van der Waals surface area (Å²) in [6, 6.07) is 10.1. The lowest BCUT2D eigenvalue weighted by Crippen LogP contribution is -1.90. The van der Waals surface area contributed by atoms with Gasteiger partial charge in [-0.2, -0.15) is 0 Å². The fraction of sp³-hybridized carbons (Fsp3) is 0.308. The predicted octanol–water partition coefficient (Wildman–Crippen LogP) is 4.05. The van der Waals surface area contributed by atoms with E-state index in [0.717, 1.165) is 11.3 Å². The van der Waals surface area contributed by atoms with Gasteiger partial charge in [-0.15, -0.1) is 0 Å². The second-order valence-electron chi connectivity index (χ2n) is 3.20. The minimum Gasteiger partial charge on any atom is -0.295 e. The van der Waals surface area contributed by atoms with Crippen LogP contribution in [0.4, 0.5) is 0 Å². The standard InChI is InChI=1S/C13H16OS/c1-3-11(14)10-12(4-2)15-13-8-6-5-7-9-13/h5-10H,3-4H2,1-2H3/b12-10-. The molecule has 0 saturated carbocycles. The molecule has 0 aromatic heterocycles. The summed E-state index contributed by atoms with van der Waals surface area (Å²) < 4.78 is 0. The van der Waals surface area contributed by atoms with Crippen LogP contribution in [0.1, 0.15) is 26.7 Å². The third-order valence-corrected chi connectivity index (χ3v) is 3.19. The molecule has 0 fully saturated rings. The molecule has 0 aliphatic carbocycles. The highest BCUT2D eigenvalue weighted by molar-refractivity contribution is 8.03. The van der Waals surface area contributed by atoms with E-state index in [4.69, 9.17) is 0 Å². The van der Waals surface area contributed by atoms with Crippen LogP contribution in [0.2, 0.25) is 0 Å². The van der Waals surface area contributed by atoms with E-state index >= 15 is 0 Å². The van der Waals surface area contributed by atoms with Gasteiger partial charge in [-0.05, 0) is 29.5 Å². The Hall–Kier alpha value is -1.02. The summed E-state index contributed by atoms with van der Waals surface area (Å²) in [5.74, 6) is 0.204. The lowest BCUT2D eigenvalue weighted by Gasteiger charge is -2.03. The third kappa shape index (κ3) is 4.34. The van der Waals surface area contributed by atoms with Crippen molar-refractivity contribution in [3.05, 3.63) is 41.3 Å². The average Bonchev–Trinajstić information content (AvgIpc) is 2.29. The molecule has 1 nitrogen and oxygen atoms in total. The molecule has 0 N–H and O–H groups in total. The molecule has 1 rings (SSSR count). The van der Waals surface area contributed by atoms with Crippen LogP contribution in [0, 0.1) is 0 Å². The van der Waals surface area contributed by atoms with Gasteiger partial charge in [0.25, 0.3) is 0 Å². The Labute approximate surface area is 95.6 Å². The normalized spacial score (nSPS) is 11.5. The van der Waals surface area contributed by atoms with Crippen LogP contribution < -0.4 is 0 Å². The first-order valence-electron chi connectivity index (χ1n) is 5.22. The average molecular weight is 220 g/mol. The zero-order chi connectivity index (χ0) is 11.1. The number of hydrogen-bond acceptors (Lipinski definition) is 2. The van der Waals surface area contributed by atoms with E-state index in [1.54, 1.807) is 17.8 Å². The molecule has 80 valence electrons. The Morgan fingerprint density at radius 3 is 2.40 bits per heavy atom. The molecular formula is C13H16OS. The summed E-state index contributed by atoms with van der Waals surface area (Å²) in [5.41, 5.74) is 0. The van der Waals surface area contributed by atoms with Gasteiger partial charge in [0.1, 0.15) is 0 Å². The maximum atomic E-state index is 11.3. The van der Waals surface area contributed by atoms with Crippen LogP contribution in [-0.2, 0) is 4.79 Å². The van der Waals surface area contributed by atoms with Crippen molar-refractivity contribution < 1.29 is 4.79 Å². The highest BCUT2D eigenvalue weighted by atomic mass is 32.2. The van der Waals surface area contributed by atoms with Crippen molar-refractivity contribution in [2.24, 2.45) is 0 Å². The van der Waals surface area contributed by atoms with E-state index in [0.29, 0.717) is 6.42 Å². The van der Waals surface area contributed by atoms with Crippen molar-refractivity contribution >= 4 is 17.5 Å². The second-order valence-corrected chi connectivity index (χ2v) is 4.40. The van der Waals surface area contributed by atoms with E-state index in [1.807, 2.05) is 25.1 Å². The molecule has 0 atom stereocenters. The molecule has 0 amide bonds. The van der Waals surface area contributed by atoms with Crippen molar-refractivity contribution in [2.45, 2.75) is 31.6 Å². The van der Waals surface area contributed by atoms with Crippen LogP contribution in [0.25, 0.3) is 0 Å². The Balaban J connectivity index is 2.70. The minimum absolute atomic E-state index is 0.204. The molecule has 0 spiro atoms. The Kier molecular flexibility index (Phi) is 5.19. The fourth-order valence-electron chi connectivity index (χ4n) is 1.13. The molecule has 0 bridgehead atoms. The first kappa shape index (κ1) is 12.1. The minimum atomic E-state index is 0.204. The first-order chi connectivity index (χ1) is 7.26. The molecule has 0 unspecified atom stereocenters. The maximum Gasteiger partial charge on any atom is 0.156 e. The maximum absolute atomic E-state index is 11.3. The van der Waals surface area contributed by atoms with Crippen molar-refractivity contribution in [3.8, 4) is 0 Å². The zero-order valence-corrected chi connectivity index (χ0v) is 10.0. The van der Waals surface area contributed by atoms with Crippen LogP contribution in [-0.4, -0.2) is 5.78 Å². The zero-order valence-electron chi connectivity index (χ0n) is 9.19. The number of carbonyl (C=O) groups excluding carboxylic acids is 1. The van der Waals surface area contributed by atoms with Crippen molar-refractivity contribution in [3.63, 3.8) is 0 Å².